The normalized spacial score (nSPS) is 17.7. The zero-order valence-electron chi connectivity index (χ0n) is 13.1. The first kappa shape index (κ1) is 15.2. The molecule has 1 aliphatic heterocycles. The highest BCUT2D eigenvalue weighted by molar-refractivity contribution is 6.33. The minimum absolute atomic E-state index is 0.144. The molecule has 0 radical (unpaired) electrons. The van der Waals surface area contributed by atoms with Crippen LogP contribution < -0.4 is 0 Å². The van der Waals surface area contributed by atoms with Crippen LogP contribution >= 0.6 is 11.6 Å². The minimum Gasteiger partial charge on any atom is -0.461 e. The molecular formula is C17H15ClN4O2. The van der Waals surface area contributed by atoms with Gasteiger partial charge in [0.1, 0.15) is 11.7 Å². The van der Waals surface area contributed by atoms with Crippen LogP contribution in [0.25, 0.3) is 22.7 Å². The van der Waals surface area contributed by atoms with Crippen molar-refractivity contribution in [2.45, 2.75) is 32.4 Å². The molecule has 3 aromatic rings. The van der Waals surface area contributed by atoms with Crippen LogP contribution in [0.4, 0.5) is 0 Å². The average molecular weight is 343 g/mol. The van der Waals surface area contributed by atoms with E-state index in [0.717, 1.165) is 19.3 Å². The Morgan fingerprint density at radius 2 is 2.21 bits per heavy atom. The summed E-state index contributed by atoms with van der Waals surface area (Å²) in [6, 6.07) is 3.58. The van der Waals surface area contributed by atoms with Crippen LogP contribution in [0.5, 0.6) is 0 Å². The van der Waals surface area contributed by atoms with Gasteiger partial charge in [0.25, 0.3) is 0 Å². The highest BCUT2D eigenvalue weighted by Crippen LogP contribution is 2.31. The Bertz CT molecular complexity index is 931. The summed E-state index contributed by atoms with van der Waals surface area (Å²) in [4.78, 5) is 13.4. The van der Waals surface area contributed by atoms with E-state index in [1.807, 2.05) is 4.57 Å². The van der Waals surface area contributed by atoms with E-state index in [4.69, 9.17) is 20.8 Å². The van der Waals surface area contributed by atoms with Gasteiger partial charge < -0.3 is 9.15 Å². The number of hydrogen-bond donors (Lipinski definition) is 0. The quantitative estimate of drug-likeness (QED) is 0.523. The lowest BCUT2D eigenvalue weighted by Gasteiger charge is -2.24. The highest BCUT2D eigenvalue weighted by atomic mass is 35.5. The lowest BCUT2D eigenvalue weighted by molar-refractivity contribution is -0.0302. The molecule has 24 heavy (non-hydrogen) atoms. The molecule has 1 fully saturated rings. The molecule has 122 valence electrons. The Labute approximate surface area is 143 Å². The van der Waals surface area contributed by atoms with Crippen molar-refractivity contribution in [3.8, 4) is 23.4 Å². The minimum atomic E-state index is -0.144. The predicted molar refractivity (Wildman–Crippen MR) is 89.4 cm³/mol. The Kier molecular flexibility index (Phi) is 3.97. The van der Waals surface area contributed by atoms with E-state index in [1.165, 1.54) is 0 Å². The van der Waals surface area contributed by atoms with E-state index < -0.39 is 0 Å². The van der Waals surface area contributed by atoms with Crippen molar-refractivity contribution >= 4 is 22.8 Å². The lowest BCUT2D eigenvalue weighted by Crippen LogP contribution is -2.19. The van der Waals surface area contributed by atoms with Crippen LogP contribution in [0.3, 0.4) is 0 Å². The number of ether oxygens (including phenoxy) is 1. The third kappa shape index (κ3) is 2.56. The van der Waals surface area contributed by atoms with Crippen LogP contribution in [0.2, 0.25) is 5.15 Å². The van der Waals surface area contributed by atoms with Gasteiger partial charge in [-0.15, -0.1) is 0 Å². The number of rotatable bonds is 2. The van der Waals surface area contributed by atoms with E-state index in [-0.39, 0.29) is 11.4 Å². The predicted octanol–water partition coefficient (Wildman–Crippen LogP) is 3.81. The standard InChI is InChI=1S/C17H15ClN4O2/c1-2-6-12-19-14-15(18)20-16(11-7-5-10-23-11)21-17(14)22(12)13-8-3-4-9-24-13/h5,7,10,13H,3-4,8-9H2,1H3. The number of imidazole rings is 1. The highest BCUT2D eigenvalue weighted by Gasteiger charge is 2.25. The number of furan rings is 1. The van der Waals surface area contributed by atoms with Gasteiger partial charge in [-0.05, 0) is 44.2 Å². The maximum absolute atomic E-state index is 6.35. The van der Waals surface area contributed by atoms with Gasteiger partial charge in [0.15, 0.2) is 28.2 Å². The first-order valence-corrected chi connectivity index (χ1v) is 8.19. The van der Waals surface area contributed by atoms with E-state index >= 15 is 0 Å². The third-order valence-corrected chi connectivity index (χ3v) is 4.18. The molecule has 0 aliphatic carbocycles. The Hall–Kier alpha value is -2.36. The summed E-state index contributed by atoms with van der Waals surface area (Å²) >= 11 is 6.35. The van der Waals surface area contributed by atoms with Crippen molar-refractivity contribution in [1.29, 1.82) is 0 Å². The summed E-state index contributed by atoms with van der Waals surface area (Å²) < 4.78 is 13.2. The van der Waals surface area contributed by atoms with Crippen LogP contribution in [0, 0.1) is 11.8 Å². The van der Waals surface area contributed by atoms with Gasteiger partial charge in [-0.3, -0.25) is 4.57 Å². The van der Waals surface area contributed by atoms with E-state index in [1.54, 1.807) is 25.3 Å². The monoisotopic (exact) mass is 342 g/mol. The van der Waals surface area contributed by atoms with E-state index in [0.29, 0.717) is 35.2 Å². The molecule has 6 nitrogen and oxygen atoms in total. The summed E-state index contributed by atoms with van der Waals surface area (Å²) in [5, 5.41) is 0.278. The molecule has 0 N–H and O–H groups in total. The van der Waals surface area contributed by atoms with Gasteiger partial charge >= 0.3 is 0 Å². The van der Waals surface area contributed by atoms with Crippen molar-refractivity contribution in [2.75, 3.05) is 6.61 Å². The van der Waals surface area contributed by atoms with Crippen molar-refractivity contribution < 1.29 is 9.15 Å². The molecule has 4 heterocycles. The number of halogens is 1. The molecule has 4 rings (SSSR count). The second-order valence-electron chi connectivity index (χ2n) is 5.49. The van der Waals surface area contributed by atoms with Crippen molar-refractivity contribution in [1.82, 2.24) is 19.5 Å². The Morgan fingerprint density at radius 1 is 1.29 bits per heavy atom. The molecular weight excluding hydrogens is 328 g/mol. The summed E-state index contributed by atoms with van der Waals surface area (Å²) in [6.45, 7) is 2.49. The van der Waals surface area contributed by atoms with Gasteiger partial charge in [-0.2, -0.15) is 0 Å². The average Bonchev–Trinajstić information content (AvgIpc) is 3.24. The largest absolute Gasteiger partial charge is 0.461 e. The van der Waals surface area contributed by atoms with Crippen LogP contribution in [0.1, 0.15) is 38.2 Å². The third-order valence-electron chi connectivity index (χ3n) is 3.92. The Balaban J connectivity index is 1.95. The SMILES string of the molecule is CC#Cc1nc2c(Cl)nc(-c3ccco3)nc2n1C1CCCCO1. The second kappa shape index (κ2) is 6.27. The van der Waals surface area contributed by atoms with Crippen molar-refractivity contribution in [3.05, 3.63) is 29.4 Å². The molecule has 1 atom stereocenters. The van der Waals surface area contributed by atoms with Gasteiger partial charge in [0.05, 0.1) is 6.26 Å². The number of aromatic nitrogens is 4. The maximum atomic E-state index is 6.35. The molecule has 0 spiro atoms. The smallest absolute Gasteiger partial charge is 0.199 e. The van der Waals surface area contributed by atoms with Crippen LogP contribution in [0.15, 0.2) is 22.8 Å². The van der Waals surface area contributed by atoms with Crippen LogP contribution in [-0.4, -0.2) is 26.1 Å². The number of nitrogens with zero attached hydrogens (tertiary/aromatic N) is 4. The van der Waals surface area contributed by atoms with Gasteiger partial charge in [-0.1, -0.05) is 17.5 Å². The fraction of sp³-hybridized carbons (Fsp3) is 0.353. The zero-order valence-corrected chi connectivity index (χ0v) is 13.9. The van der Waals surface area contributed by atoms with Gasteiger partial charge in [0, 0.05) is 6.61 Å². The van der Waals surface area contributed by atoms with E-state index in [2.05, 4.69) is 26.8 Å². The molecule has 0 amide bonds. The molecule has 1 unspecified atom stereocenters. The number of fused-ring (bicyclic) bond motifs is 1. The molecule has 7 heteroatoms. The molecule has 0 bridgehead atoms. The molecule has 0 saturated carbocycles. The number of hydrogen-bond acceptors (Lipinski definition) is 5. The summed E-state index contributed by atoms with van der Waals surface area (Å²) in [7, 11) is 0. The Morgan fingerprint density at radius 3 is 2.92 bits per heavy atom. The maximum Gasteiger partial charge on any atom is 0.199 e. The molecule has 1 saturated heterocycles. The topological polar surface area (TPSA) is 66.0 Å². The fourth-order valence-corrected chi connectivity index (χ4v) is 3.06. The summed E-state index contributed by atoms with van der Waals surface area (Å²) in [5.74, 6) is 7.47. The fourth-order valence-electron chi connectivity index (χ4n) is 2.86. The van der Waals surface area contributed by atoms with Crippen molar-refractivity contribution in [2.24, 2.45) is 0 Å². The van der Waals surface area contributed by atoms with E-state index in [9.17, 15) is 0 Å². The first-order chi connectivity index (χ1) is 11.8. The molecule has 3 aromatic heterocycles. The van der Waals surface area contributed by atoms with Crippen molar-refractivity contribution in [3.63, 3.8) is 0 Å². The van der Waals surface area contributed by atoms with Gasteiger partial charge in [-0.25, -0.2) is 15.0 Å². The second-order valence-corrected chi connectivity index (χ2v) is 5.85. The summed E-state index contributed by atoms with van der Waals surface area (Å²) in [5.41, 5.74) is 1.14. The lowest BCUT2D eigenvalue weighted by atomic mass is 10.2. The first-order valence-electron chi connectivity index (χ1n) is 7.81. The molecule has 0 aromatic carbocycles. The van der Waals surface area contributed by atoms with Gasteiger partial charge in [0.2, 0.25) is 0 Å². The zero-order chi connectivity index (χ0) is 16.5. The molecule has 1 aliphatic rings. The summed E-state index contributed by atoms with van der Waals surface area (Å²) in [6.07, 6.45) is 4.47. The van der Waals surface area contributed by atoms with Crippen LogP contribution in [-0.2, 0) is 4.74 Å².